The van der Waals surface area contributed by atoms with E-state index in [-0.39, 0.29) is 0 Å². The maximum absolute atomic E-state index is 12.6. The second kappa shape index (κ2) is 3.83. The van der Waals surface area contributed by atoms with Gasteiger partial charge < -0.3 is 0 Å². The van der Waals surface area contributed by atoms with E-state index in [4.69, 9.17) is 0 Å². The molecule has 18 heavy (non-hydrogen) atoms. The fourth-order valence-corrected chi connectivity index (χ4v) is 1.78. The van der Waals surface area contributed by atoms with Gasteiger partial charge >= 0.3 is 6.18 Å². The van der Waals surface area contributed by atoms with Crippen LogP contribution < -0.4 is 0 Å². The first-order valence-corrected chi connectivity index (χ1v) is 5.64. The molecule has 0 radical (unpaired) electrons. The van der Waals surface area contributed by atoms with Crippen LogP contribution in [0.3, 0.4) is 0 Å². The molecule has 0 aliphatic heterocycles. The number of nitrogens with zero attached hydrogens (tertiary/aromatic N) is 2. The van der Waals surface area contributed by atoms with Gasteiger partial charge in [0.05, 0.1) is 5.56 Å². The minimum atomic E-state index is -4.34. The second-order valence-electron chi connectivity index (χ2n) is 4.40. The van der Waals surface area contributed by atoms with Crippen molar-refractivity contribution < 1.29 is 13.2 Å². The first-order valence-electron chi connectivity index (χ1n) is 5.64. The SMILES string of the molecule is FC(F)(F)c1cccc(-c2n[nH]c(C3CC3)n2)c1. The van der Waals surface area contributed by atoms with E-state index in [1.807, 2.05) is 0 Å². The first-order chi connectivity index (χ1) is 8.54. The molecule has 0 atom stereocenters. The number of hydrogen-bond donors (Lipinski definition) is 1. The highest BCUT2D eigenvalue weighted by atomic mass is 19.4. The molecule has 0 amide bonds. The van der Waals surface area contributed by atoms with Crippen LogP contribution in [-0.4, -0.2) is 15.2 Å². The minimum absolute atomic E-state index is 0.322. The molecular formula is C12H10F3N3. The van der Waals surface area contributed by atoms with Crippen molar-refractivity contribution in [2.75, 3.05) is 0 Å². The molecule has 94 valence electrons. The zero-order valence-corrected chi connectivity index (χ0v) is 9.33. The van der Waals surface area contributed by atoms with Gasteiger partial charge in [0.25, 0.3) is 0 Å². The Hall–Kier alpha value is -1.85. The van der Waals surface area contributed by atoms with Crippen LogP contribution in [-0.2, 0) is 6.18 Å². The van der Waals surface area contributed by atoms with Gasteiger partial charge in [-0.2, -0.15) is 18.3 Å². The lowest BCUT2D eigenvalue weighted by Crippen LogP contribution is -2.04. The summed E-state index contributed by atoms with van der Waals surface area (Å²) in [5.41, 5.74) is -0.300. The van der Waals surface area contributed by atoms with Gasteiger partial charge in [0, 0.05) is 11.5 Å². The summed E-state index contributed by atoms with van der Waals surface area (Å²) >= 11 is 0. The zero-order chi connectivity index (χ0) is 12.8. The molecule has 1 N–H and O–H groups in total. The van der Waals surface area contributed by atoms with Crippen molar-refractivity contribution in [3.63, 3.8) is 0 Å². The molecule has 6 heteroatoms. The lowest BCUT2D eigenvalue weighted by atomic mass is 10.1. The standard InChI is InChI=1S/C12H10F3N3/c13-12(14,15)9-3-1-2-8(6-9)11-16-10(17-18-11)7-4-5-7/h1-3,6-7H,4-5H2,(H,16,17,18). The Balaban J connectivity index is 1.95. The normalized spacial score (nSPS) is 15.9. The highest BCUT2D eigenvalue weighted by molar-refractivity contribution is 5.56. The smallest absolute Gasteiger partial charge is 0.262 e. The molecule has 3 nitrogen and oxygen atoms in total. The minimum Gasteiger partial charge on any atom is -0.262 e. The summed E-state index contributed by atoms with van der Waals surface area (Å²) in [5.74, 6) is 1.49. The third-order valence-electron chi connectivity index (χ3n) is 2.91. The molecule has 0 unspecified atom stereocenters. The number of rotatable bonds is 2. The van der Waals surface area contributed by atoms with Crippen LogP contribution in [0.25, 0.3) is 11.4 Å². The van der Waals surface area contributed by atoms with E-state index >= 15 is 0 Å². The van der Waals surface area contributed by atoms with Crippen LogP contribution in [0, 0.1) is 0 Å². The monoisotopic (exact) mass is 253 g/mol. The van der Waals surface area contributed by atoms with Gasteiger partial charge in [-0.1, -0.05) is 12.1 Å². The zero-order valence-electron chi connectivity index (χ0n) is 9.33. The van der Waals surface area contributed by atoms with Gasteiger partial charge in [0.2, 0.25) is 0 Å². The number of aromatic nitrogens is 3. The largest absolute Gasteiger partial charge is 0.416 e. The summed E-state index contributed by atoms with van der Waals surface area (Å²) in [7, 11) is 0. The Kier molecular flexibility index (Phi) is 2.39. The number of alkyl halides is 3. The number of hydrogen-bond acceptors (Lipinski definition) is 2. The van der Waals surface area contributed by atoms with E-state index in [0.29, 0.717) is 17.3 Å². The fraction of sp³-hybridized carbons (Fsp3) is 0.333. The lowest BCUT2D eigenvalue weighted by Gasteiger charge is -2.06. The van der Waals surface area contributed by atoms with Gasteiger partial charge in [-0.25, -0.2) is 4.98 Å². The van der Waals surface area contributed by atoms with Crippen molar-refractivity contribution in [2.24, 2.45) is 0 Å². The fourth-order valence-electron chi connectivity index (χ4n) is 1.78. The van der Waals surface area contributed by atoms with E-state index < -0.39 is 11.7 Å². The first kappa shape index (κ1) is 11.3. The quantitative estimate of drug-likeness (QED) is 0.891. The lowest BCUT2D eigenvalue weighted by molar-refractivity contribution is -0.137. The molecule has 1 saturated carbocycles. The van der Waals surface area contributed by atoms with Crippen molar-refractivity contribution >= 4 is 0 Å². The molecule has 1 aliphatic rings. The van der Waals surface area contributed by atoms with Crippen LogP contribution in [0.15, 0.2) is 24.3 Å². The third-order valence-corrected chi connectivity index (χ3v) is 2.91. The molecule has 1 aromatic heterocycles. The van der Waals surface area contributed by atoms with Crippen molar-refractivity contribution in [3.05, 3.63) is 35.7 Å². The number of benzene rings is 1. The highest BCUT2D eigenvalue weighted by Gasteiger charge is 2.31. The van der Waals surface area contributed by atoms with Crippen molar-refractivity contribution in [3.8, 4) is 11.4 Å². The number of halogens is 3. The number of nitrogens with one attached hydrogen (secondary N) is 1. The van der Waals surface area contributed by atoms with E-state index in [9.17, 15) is 13.2 Å². The predicted octanol–water partition coefficient (Wildman–Crippen LogP) is 3.37. The molecule has 0 spiro atoms. The Labute approximate surface area is 101 Å². The maximum Gasteiger partial charge on any atom is 0.416 e. The van der Waals surface area contributed by atoms with Gasteiger partial charge in [-0.3, -0.25) is 5.10 Å². The third kappa shape index (κ3) is 2.10. The van der Waals surface area contributed by atoms with Crippen molar-refractivity contribution in [2.45, 2.75) is 24.9 Å². The Morgan fingerprint density at radius 2 is 2.00 bits per heavy atom. The van der Waals surface area contributed by atoms with Gasteiger partial charge in [-0.15, -0.1) is 0 Å². The average Bonchev–Trinajstić information content (AvgIpc) is 3.06. The van der Waals surface area contributed by atoms with Crippen LogP contribution in [0.5, 0.6) is 0 Å². The van der Waals surface area contributed by atoms with Crippen LogP contribution in [0.1, 0.15) is 30.1 Å². The Bertz CT molecular complexity index is 570. The molecule has 0 bridgehead atoms. The van der Waals surface area contributed by atoms with Gasteiger partial charge in [0.15, 0.2) is 5.82 Å². The van der Waals surface area contributed by atoms with Crippen molar-refractivity contribution in [1.29, 1.82) is 0 Å². The Morgan fingerprint density at radius 1 is 1.22 bits per heavy atom. The van der Waals surface area contributed by atoms with E-state index in [1.165, 1.54) is 6.07 Å². The molecule has 2 aromatic rings. The number of H-pyrrole nitrogens is 1. The summed E-state index contributed by atoms with van der Waals surface area (Å²) in [5, 5.41) is 6.75. The molecular weight excluding hydrogens is 243 g/mol. The van der Waals surface area contributed by atoms with Crippen molar-refractivity contribution in [1.82, 2.24) is 15.2 Å². The van der Waals surface area contributed by atoms with Gasteiger partial charge in [0.1, 0.15) is 5.82 Å². The molecule has 1 heterocycles. The van der Waals surface area contributed by atoms with E-state index in [1.54, 1.807) is 6.07 Å². The summed E-state index contributed by atoms with van der Waals surface area (Å²) < 4.78 is 37.7. The summed E-state index contributed by atoms with van der Waals surface area (Å²) in [6, 6.07) is 5.05. The van der Waals surface area contributed by atoms with Gasteiger partial charge in [-0.05, 0) is 25.0 Å². The predicted molar refractivity (Wildman–Crippen MR) is 58.8 cm³/mol. The van der Waals surface area contributed by atoms with Crippen LogP contribution >= 0.6 is 0 Å². The average molecular weight is 253 g/mol. The summed E-state index contributed by atoms with van der Waals surface area (Å²) in [4.78, 5) is 4.23. The number of aromatic amines is 1. The maximum atomic E-state index is 12.6. The van der Waals surface area contributed by atoms with E-state index in [2.05, 4.69) is 15.2 Å². The molecule has 0 saturated heterocycles. The summed E-state index contributed by atoms with van der Waals surface area (Å²) in [6.07, 6.45) is -2.21. The second-order valence-corrected chi connectivity index (χ2v) is 4.40. The molecule has 1 aliphatic carbocycles. The summed E-state index contributed by atoms with van der Waals surface area (Å²) in [6.45, 7) is 0. The van der Waals surface area contributed by atoms with E-state index in [0.717, 1.165) is 30.8 Å². The van der Waals surface area contributed by atoms with Crippen LogP contribution in [0.4, 0.5) is 13.2 Å². The highest BCUT2D eigenvalue weighted by Crippen LogP contribution is 2.38. The molecule has 3 rings (SSSR count). The molecule has 1 fully saturated rings. The van der Waals surface area contributed by atoms with Crippen LogP contribution in [0.2, 0.25) is 0 Å². The molecule has 1 aromatic carbocycles. The Morgan fingerprint density at radius 3 is 2.67 bits per heavy atom. The topological polar surface area (TPSA) is 41.6 Å².